The number of Topliss-reactive ketones (excluding diaryl/α,β-unsaturated/α-hetero) is 1. The van der Waals surface area contributed by atoms with Gasteiger partial charge in [-0.15, -0.1) is 0 Å². The van der Waals surface area contributed by atoms with Crippen molar-refractivity contribution in [2.24, 2.45) is 24.8 Å². The predicted octanol–water partition coefficient (Wildman–Crippen LogP) is 3.37. The quantitative estimate of drug-likeness (QED) is 0.331. The molecule has 0 saturated heterocycles. The van der Waals surface area contributed by atoms with E-state index in [1.165, 1.54) is 12.8 Å². The van der Waals surface area contributed by atoms with E-state index in [4.69, 9.17) is 10.5 Å². The van der Waals surface area contributed by atoms with E-state index in [1.54, 1.807) is 44.9 Å². The van der Waals surface area contributed by atoms with Gasteiger partial charge in [-0.05, 0) is 80.7 Å². The Morgan fingerprint density at radius 2 is 1.46 bits per heavy atom. The molecule has 0 spiro atoms. The molecule has 3 saturated carbocycles. The Kier molecular flexibility index (Phi) is 12.9. The van der Waals surface area contributed by atoms with Crippen LogP contribution in [0, 0.1) is 35.5 Å². The van der Waals surface area contributed by atoms with Gasteiger partial charge in [0.15, 0.2) is 0 Å². The summed E-state index contributed by atoms with van der Waals surface area (Å²) in [6.45, 7) is 1.98. The molecule has 0 aliphatic heterocycles. The third-order valence-electron chi connectivity index (χ3n) is 6.26. The molecule has 37 heavy (non-hydrogen) atoms. The largest absolute Gasteiger partial charge is 2.00 e. The summed E-state index contributed by atoms with van der Waals surface area (Å²) in [6.07, 6.45) is 25.3. The number of hydrogen-bond acceptors (Lipinski definition) is 6. The van der Waals surface area contributed by atoms with Crippen LogP contribution in [-0.2, 0) is 32.9 Å². The van der Waals surface area contributed by atoms with Gasteiger partial charge >= 0.3 is 21.1 Å². The summed E-state index contributed by atoms with van der Waals surface area (Å²) in [6, 6.07) is 5.62. The molecule has 2 bridgehead atoms. The van der Waals surface area contributed by atoms with E-state index in [1.807, 2.05) is 61.5 Å². The van der Waals surface area contributed by atoms with Crippen LogP contribution in [0.2, 0.25) is 0 Å². The Balaban J connectivity index is 0.000000203. The molecular formula is C24H31BMoN9O2. The Morgan fingerprint density at radius 3 is 1.73 bits per heavy atom. The van der Waals surface area contributed by atoms with Gasteiger partial charge in [-0.2, -0.15) is 0 Å². The molecule has 3 aliphatic rings. The molecule has 193 valence electrons. The van der Waals surface area contributed by atoms with E-state index >= 15 is 0 Å². The SMILES string of the molecule is CCC(=O)[C@H]1C[C@@H]2[CH][CH][C@H]1CC2.Cn1ccnc1.[Mo+2].[N-]=O.c1cnn([B-](n2cccn2)n2cccn2)c1. The van der Waals surface area contributed by atoms with Crippen LogP contribution in [0.4, 0.5) is 0 Å². The normalized spacial score (nSPS) is 19.3. The first kappa shape index (κ1) is 30.1. The van der Waals surface area contributed by atoms with E-state index in [0.29, 0.717) is 17.6 Å². The smallest absolute Gasteiger partial charge is 0.577 e. The zero-order chi connectivity index (χ0) is 25.8. The Hall–Kier alpha value is -3.14. The average Bonchev–Trinajstić information content (AvgIpc) is 3.76. The van der Waals surface area contributed by atoms with Gasteiger partial charge in [-0.1, -0.05) is 6.92 Å². The van der Waals surface area contributed by atoms with Crippen LogP contribution in [0.15, 0.2) is 74.1 Å². The molecule has 11 nitrogen and oxygen atoms in total. The third-order valence-corrected chi connectivity index (χ3v) is 6.26. The van der Waals surface area contributed by atoms with Crippen LogP contribution >= 0.6 is 0 Å². The fourth-order valence-electron chi connectivity index (χ4n) is 4.51. The van der Waals surface area contributed by atoms with Crippen LogP contribution in [0.3, 0.4) is 0 Å². The second-order valence-corrected chi connectivity index (χ2v) is 8.58. The van der Waals surface area contributed by atoms with E-state index in [0.717, 1.165) is 18.8 Å². The van der Waals surface area contributed by atoms with Crippen LogP contribution in [0.5, 0.6) is 0 Å². The summed E-state index contributed by atoms with van der Waals surface area (Å²) >= 11 is 0. The van der Waals surface area contributed by atoms with Gasteiger partial charge in [0.1, 0.15) is 5.78 Å². The number of rotatable bonds is 5. The summed E-state index contributed by atoms with van der Waals surface area (Å²) in [7, 11) is 1.74. The standard InChI is InChI=1S/C11H16O.C9H9BN6.C4H6N2.Mo.NO/c1-2-11(12)10-7-8-3-5-9(10)6-4-8;1-4-11-14(7-1)10(15-8-2-5-12-15)16-9-3-6-13-16;1-6-3-2-5-4-6;;1-2/h3,5,8-10H,2,4,6-7H2,1H3;1-9H;2-4H,1H3;;/q;-1;;+2;-1/t8-,9+,10+;;;;/m1..../s1. The maximum atomic E-state index is 11.5. The molecule has 4 heterocycles. The van der Waals surface area contributed by atoms with E-state index < -0.39 is 0 Å². The number of hydrogen-bond donors (Lipinski definition) is 0. The zero-order valence-electron chi connectivity index (χ0n) is 21.0. The zero-order valence-corrected chi connectivity index (χ0v) is 23.0. The Labute approximate surface area is 231 Å². The van der Waals surface area contributed by atoms with Crippen molar-refractivity contribution in [3.8, 4) is 0 Å². The van der Waals surface area contributed by atoms with Crippen molar-refractivity contribution in [1.29, 1.82) is 0 Å². The van der Waals surface area contributed by atoms with Crippen molar-refractivity contribution < 1.29 is 25.9 Å². The molecular weight excluding hydrogens is 553 g/mol. The van der Waals surface area contributed by atoms with Crippen LogP contribution in [-0.4, -0.2) is 51.5 Å². The van der Waals surface area contributed by atoms with Crippen molar-refractivity contribution in [2.75, 3.05) is 0 Å². The number of aromatic nitrogens is 8. The van der Waals surface area contributed by atoms with E-state index in [-0.39, 0.29) is 28.2 Å². The molecule has 13 heteroatoms. The Bertz CT molecular complexity index is 1020. The first-order chi connectivity index (χ1) is 17.7. The van der Waals surface area contributed by atoms with Crippen molar-refractivity contribution in [3.05, 3.63) is 97.4 Å². The van der Waals surface area contributed by atoms with Crippen LogP contribution in [0.1, 0.15) is 32.6 Å². The Morgan fingerprint density at radius 1 is 0.892 bits per heavy atom. The molecule has 4 aromatic rings. The second kappa shape index (κ2) is 15.9. The second-order valence-electron chi connectivity index (χ2n) is 8.58. The maximum Gasteiger partial charge on any atom is 2.00 e. The number of fused-ring (bicyclic) bond motifs is 3. The number of carbonyl (C=O) groups is 1. The number of carbonyl (C=O) groups excluding carboxylic acids is 1. The summed E-state index contributed by atoms with van der Waals surface area (Å²) in [4.78, 5) is 22.6. The number of ketones is 1. The molecule has 4 aromatic heterocycles. The summed E-state index contributed by atoms with van der Waals surface area (Å²) in [5, 5.41) is 12.7. The van der Waals surface area contributed by atoms with Crippen LogP contribution < -0.4 is 0 Å². The van der Waals surface area contributed by atoms with Crippen molar-refractivity contribution in [1.82, 2.24) is 38.6 Å². The van der Waals surface area contributed by atoms with Crippen molar-refractivity contribution >= 4 is 12.9 Å². The molecule has 3 aliphatic carbocycles. The maximum absolute atomic E-state index is 11.5. The van der Waals surface area contributed by atoms with Gasteiger partial charge < -0.3 is 28.8 Å². The summed E-state index contributed by atoms with van der Waals surface area (Å²) in [5.74, 6) is 2.16. The third kappa shape index (κ3) is 8.45. The molecule has 3 fully saturated rings. The van der Waals surface area contributed by atoms with Gasteiger partial charge in [-0.3, -0.25) is 4.79 Å². The number of nitroso groups, excluding NO2 is 1. The molecule has 0 amide bonds. The minimum atomic E-state index is -0.194. The van der Waals surface area contributed by atoms with Gasteiger partial charge in [0.05, 0.1) is 6.33 Å². The molecule has 7 rings (SSSR count). The number of imidazole rings is 1. The molecule has 3 atom stereocenters. The van der Waals surface area contributed by atoms with Gasteiger partial charge in [0.2, 0.25) is 0 Å². The summed E-state index contributed by atoms with van der Waals surface area (Å²) in [5.41, 5.74) is 5.75. The van der Waals surface area contributed by atoms with Gasteiger partial charge in [-0.25, -0.2) is 20.3 Å². The minimum Gasteiger partial charge on any atom is -0.577 e. The molecule has 0 aromatic carbocycles. The number of aryl methyl sites for hydroxylation is 1. The molecule has 3 radical (unpaired) electrons. The summed E-state index contributed by atoms with van der Waals surface area (Å²) < 4.78 is 7.26. The van der Waals surface area contributed by atoms with Crippen LogP contribution in [0.25, 0.3) is 5.59 Å². The number of nitrogens with zero attached hydrogens (tertiary/aromatic N) is 9. The fraction of sp³-hybridized carbons (Fsp3) is 0.375. The van der Waals surface area contributed by atoms with Crippen molar-refractivity contribution in [3.63, 3.8) is 0 Å². The predicted molar refractivity (Wildman–Crippen MR) is 137 cm³/mol. The van der Waals surface area contributed by atoms with E-state index in [9.17, 15) is 4.79 Å². The average molecular weight is 584 g/mol. The first-order valence-corrected chi connectivity index (χ1v) is 11.9. The monoisotopic (exact) mass is 586 g/mol. The minimum absolute atomic E-state index is 0. The van der Waals surface area contributed by atoms with Crippen molar-refractivity contribution in [2.45, 2.75) is 32.6 Å². The molecule has 0 unspecified atom stereocenters. The molecule has 0 N–H and O–H groups in total. The topological polar surface area (TPSA) is 128 Å². The van der Waals surface area contributed by atoms with Gasteiger partial charge in [0.25, 0.3) is 7.12 Å². The van der Waals surface area contributed by atoms with E-state index in [2.05, 4.69) is 33.1 Å². The van der Waals surface area contributed by atoms with Gasteiger partial charge in [0, 0.05) is 50.4 Å². The fourth-order valence-corrected chi connectivity index (χ4v) is 4.51. The first-order valence-electron chi connectivity index (χ1n) is 11.9.